The van der Waals surface area contributed by atoms with Gasteiger partial charge in [0.1, 0.15) is 0 Å². The Hall–Kier alpha value is -7.31. The van der Waals surface area contributed by atoms with E-state index in [9.17, 15) is 0 Å². The molecule has 0 spiro atoms. The van der Waals surface area contributed by atoms with E-state index in [0.29, 0.717) is 17.5 Å². The normalized spacial score (nSPS) is 11.7. The van der Waals surface area contributed by atoms with E-state index in [1.54, 1.807) is 22.7 Å². The number of thiophene rings is 2. The van der Waals surface area contributed by atoms with Crippen molar-refractivity contribution >= 4 is 73.8 Å². The Morgan fingerprint density at radius 2 is 0.717 bits per heavy atom. The molecule has 0 unspecified atom stereocenters. The molecule has 5 heteroatoms. The van der Waals surface area contributed by atoms with Crippen LogP contribution in [0.2, 0.25) is 0 Å². The lowest BCUT2D eigenvalue weighted by Gasteiger charge is -2.20. The molecule has 3 heterocycles. The summed E-state index contributed by atoms with van der Waals surface area (Å²) in [6.07, 6.45) is 0. The smallest absolute Gasteiger partial charge is 0.165 e. The number of fused-ring (bicyclic) bond motifs is 7. The zero-order valence-corrected chi connectivity index (χ0v) is 33.8. The summed E-state index contributed by atoms with van der Waals surface area (Å²) in [6.45, 7) is 0. The summed E-state index contributed by atoms with van der Waals surface area (Å²) in [6, 6.07) is 71.5. The number of nitrogens with zero attached hydrogens (tertiary/aromatic N) is 3. The largest absolute Gasteiger partial charge is 0.208 e. The van der Waals surface area contributed by atoms with Gasteiger partial charge in [0.05, 0.1) is 0 Å². The van der Waals surface area contributed by atoms with Crippen LogP contribution < -0.4 is 0 Å². The van der Waals surface area contributed by atoms with Crippen LogP contribution in [0.5, 0.6) is 0 Å². The Morgan fingerprint density at radius 1 is 0.267 bits per heavy atom. The van der Waals surface area contributed by atoms with Crippen LogP contribution in [0.4, 0.5) is 0 Å². The highest BCUT2D eigenvalue weighted by atomic mass is 32.1. The molecular formula is C55H33N3S2. The Labute approximate surface area is 354 Å². The first-order valence-corrected chi connectivity index (χ1v) is 21.7. The Bertz CT molecular complexity index is 3470. The molecule has 60 heavy (non-hydrogen) atoms. The molecule has 0 aliphatic heterocycles. The predicted octanol–water partition coefficient (Wildman–Crippen LogP) is 15.8. The fourth-order valence-corrected chi connectivity index (χ4v) is 11.3. The lowest BCUT2D eigenvalue weighted by atomic mass is 9.84. The van der Waals surface area contributed by atoms with Crippen molar-refractivity contribution in [3.05, 3.63) is 200 Å². The van der Waals surface area contributed by atoms with Gasteiger partial charge in [-0.3, -0.25) is 0 Å². The third kappa shape index (κ3) is 5.66. The maximum Gasteiger partial charge on any atom is 0.165 e. The SMILES string of the molecule is c1ccc(-c2ccc3ccccc3c2-c2cccc(-c3nc(-c4cccc5c4sc4ccccc45)nc(-c4cccc5c4sc4ccccc45)n3)c2-c2ccccc2)cc1. The average molecular weight is 800 g/mol. The van der Waals surface area contributed by atoms with E-state index in [2.05, 4.69) is 200 Å². The van der Waals surface area contributed by atoms with Gasteiger partial charge in [0.2, 0.25) is 0 Å². The highest BCUT2D eigenvalue weighted by Crippen LogP contribution is 2.47. The second kappa shape index (κ2) is 14.2. The van der Waals surface area contributed by atoms with Gasteiger partial charge in [0.15, 0.2) is 17.5 Å². The standard InChI is InChI=1S/C55H33N3S2/c1-3-16-34(17-4-1)38-33-32-35-18-7-8-21-37(35)50(38)43-26-15-27-44(49(43)36-19-5-2-6-20-36)53-56-54(45-28-13-24-41-39-22-9-11-30-47(39)59-51(41)45)58-55(57-53)46-29-14-25-42-40-23-10-12-31-48(40)60-52(42)46/h1-33H. The minimum Gasteiger partial charge on any atom is -0.208 e. The van der Waals surface area contributed by atoms with Gasteiger partial charge in [0, 0.05) is 62.6 Å². The third-order valence-electron chi connectivity index (χ3n) is 11.6. The van der Waals surface area contributed by atoms with E-state index in [0.717, 1.165) is 33.4 Å². The van der Waals surface area contributed by atoms with E-state index >= 15 is 0 Å². The van der Waals surface area contributed by atoms with Gasteiger partial charge in [-0.2, -0.15) is 0 Å². The second-order valence-corrected chi connectivity index (χ2v) is 17.1. The first kappa shape index (κ1) is 34.7. The zero-order valence-electron chi connectivity index (χ0n) is 32.2. The highest BCUT2D eigenvalue weighted by molar-refractivity contribution is 7.26. The molecule has 0 bridgehead atoms. The van der Waals surface area contributed by atoms with Crippen molar-refractivity contribution in [3.8, 4) is 67.5 Å². The molecule has 0 fully saturated rings. The first-order chi connectivity index (χ1) is 29.8. The lowest BCUT2D eigenvalue weighted by molar-refractivity contribution is 1.08. The molecule has 0 N–H and O–H groups in total. The Morgan fingerprint density at radius 3 is 1.33 bits per heavy atom. The summed E-state index contributed by atoms with van der Waals surface area (Å²) >= 11 is 3.59. The van der Waals surface area contributed by atoms with Crippen molar-refractivity contribution in [1.29, 1.82) is 0 Å². The van der Waals surface area contributed by atoms with Crippen LogP contribution in [0.15, 0.2) is 200 Å². The quantitative estimate of drug-likeness (QED) is 0.168. The molecule has 3 nitrogen and oxygen atoms in total. The van der Waals surface area contributed by atoms with E-state index < -0.39 is 0 Å². The summed E-state index contributed by atoms with van der Waals surface area (Å²) in [4.78, 5) is 16.4. The summed E-state index contributed by atoms with van der Waals surface area (Å²) in [5.41, 5.74) is 9.76. The third-order valence-corrected chi connectivity index (χ3v) is 14.0. The molecule has 0 saturated carbocycles. The number of rotatable bonds is 6. The first-order valence-electron chi connectivity index (χ1n) is 20.1. The number of aromatic nitrogens is 3. The lowest BCUT2D eigenvalue weighted by Crippen LogP contribution is -2.02. The molecule has 12 rings (SSSR count). The van der Waals surface area contributed by atoms with Gasteiger partial charge < -0.3 is 0 Å². The van der Waals surface area contributed by atoms with Crippen molar-refractivity contribution in [2.45, 2.75) is 0 Å². The van der Waals surface area contributed by atoms with Crippen LogP contribution in [-0.2, 0) is 0 Å². The molecule has 0 atom stereocenters. The van der Waals surface area contributed by atoms with Crippen molar-refractivity contribution in [2.24, 2.45) is 0 Å². The topological polar surface area (TPSA) is 38.7 Å². The van der Waals surface area contributed by atoms with Crippen LogP contribution in [0.25, 0.3) is 119 Å². The summed E-state index contributed by atoms with van der Waals surface area (Å²) in [5.74, 6) is 1.95. The number of hydrogen-bond acceptors (Lipinski definition) is 5. The van der Waals surface area contributed by atoms with E-state index in [1.807, 2.05) is 0 Å². The van der Waals surface area contributed by atoms with Crippen LogP contribution in [0, 0.1) is 0 Å². The number of benzene rings is 9. The van der Waals surface area contributed by atoms with Crippen LogP contribution in [-0.4, -0.2) is 15.0 Å². The second-order valence-electron chi connectivity index (χ2n) is 15.0. The molecule has 0 radical (unpaired) electrons. The Balaban J connectivity index is 1.18. The molecular weight excluding hydrogens is 767 g/mol. The van der Waals surface area contributed by atoms with Crippen LogP contribution in [0.1, 0.15) is 0 Å². The van der Waals surface area contributed by atoms with Crippen molar-refractivity contribution in [1.82, 2.24) is 15.0 Å². The number of hydrogen-bond donors (Lipinski definition) is 0. The fourth-order valence-electron chi connectivity index (χ4n) is 8.87. The predicted molar refractivity (Wildman–Crippen MR) is 256 cm³/mol. The molecule has 0 amide bonds. The van der Waals surface area contributed by atoms with E-state index in [4.69, 9.17) is 15.0 Å². The zero-order chi connectivity index (χ0) is 39.6. The molecule has 9 aromatic carbocycles. The minimum absolute atomic E-state index is 0.633. The Kier molecular flexibility index (Phi) is 8.22. The van der Waals surface area contributed by atoms with Crippen LogP contribution in [0.3, 0.4) is 0 Å². The summed E-state index contributed by atoms with van der Waals surface area (Å²) in [7, 11) is 0. The fraction of sp³-hybridized carbons (Fsp3) is 0. The average Bonchev–Trinajstić information content (AvgIpc) is 3.90. The van der Waals surface area contributed by atoms with Gasteiger partial charge in [-0.15, -0.1) is 22.7 Å². The van der Waals surface area contributed by atoms with Gasteiger partial charge in [0.25, 0.3) is 0 Å². The van der Waals surface area contributed by atoms with E-state index in [-0.39, 0.29) is 0 Å². The minimum atomic E-state index is 0.633. The maximum absolute atomic E-state index is 5.49. The van der Waals surface area contributed by atoms with Gasteiger partial charge in [-0.25, -0.2) is 15.0 Å². The summed E-state index contributed by atoms with van der Waals surface area (Å²) in [5, 5.41) is 7.28. The molecule has 0 aliphatic rings. The molecule has 0 aliphatic carbocycles. The summed E-state index contributed by atoms with van der Waals surface area (Å²) < 4.78 is 4.82. The molecule has 3 aromatic heterocycles. The monoisotopic (exact) mass is 799 g/mol. The van der Waals surface area contributed by atoms with E-state index in [1.165, 1.54) is 67.8 Å². The van der Waals surface area contributed by atoms with Crippen molar-refractivity contribution in [3.63, 3.8) is 0 Å². The molecule has 280 valence electrons. The van der Waals surface area contributed by atoms with Gasteiger partial charge in [-0.1, -0.05) is 176 Å². The van der Waals surface area contributed by atoms with Crippen molar-refractivity contribution < 1.29 is 0 Å². The molecule has 0 saturated heterocycles. The van der Waals surface area contributed by atoms with Crippen molar-refractivity contribution in [2.75, 3.05) is 0 Å². The van der Waals surface area contributed by atoms with Gasteiger partial charge in [-0.05, 0) is 62.9 Å². The maximum atomic E-state index is 5.49. The highest BCUT2D eigenvalue weighted by Gasteiger charge is 2.24. The van der Waals surface area contributed by atoms with Crippen LogP contribution >= 0.6 is 22.7 Å². The molecule has 12 aromatic rings. The van der Waals surface area contributed by atoms with Gasteiger partial charge >= 0.3 is 0 Å².